The number of anilines is 2. The Morgan fingerprint density at radius 3 is 3.00 bits per heavy atom. The van der Waals surface area contributed by atoms with E-state index in [1.807, 2.05) is 24.4 Å². The van der Waals surface area contributed by atoms with Crippen molar-refractivity contribution in [3.05, 3.63) is 53.9 Å². The van der Waals surface area contributed by atoms with Gasteiger partial charge in [0.05, 0.1) is 0 Å². The molecule has 2 heterocycles. The van der Waals surface area contributed by atoms with Crippen LogP contribution < -0.4 is 10.6 Å². The molecule has 19 heavy (non-hydrogen) atoms. The summed E-state index contributed by atoms with van der Waals surface area (Å²) in [7, 11) is 0. The van der Waals surface area contributed by atoms with Crippen molar-refractivity contribution in [2.45, 2.75) is 19.3 Å². The van der Waals surface area contributed by atoms with Gasteiger partial charge < -0.3 is 10.6 Å². The van der Waals surface area contributed by atoms with Gasteiger partial charge in [-0.1, -0.05) is 12.1 Å². The van der Waals surface area contributed by atoms with Crippen molar-refractivity contribution in [2.75, 3.05) is 23.7 Å². The van der Waals surface area contributed by atoms with E-state index < -0.39 is 0 Å². The molecule has 1 aliphatic rings. The number of nitrogens with zero attached hydrogens (tertiary/aromatic N) is 2. The van der Waals surface area contributed by atoms with Crippen LogP contribution in [0.2, 0.25) is 0 Å². The smallest absolute Gasteiger partial charge is 0.0421 e. The minimum atomic E-state index is 0.850. The van der Waals surface area contributed by atoms with Crippen molar-refractivity contribution in [2.24, 2.45) is 0 Å². The second kappa shape index (κ2) is 5.31. The molecule has 0 saturated carbocycles. The van der Waals surface area contributed by atoms with Crippen LogP contribution in [0.15, 0.2) is 42.6 Å². The van der Waals surface area contributed by atoms with Crippen molar-refractivity contribution in [3.8, 4) is 0 Å². The molecule has 0 unspecified atom stereocenters. The highest BCUT2D eigenvalue weighted by molar-refractivity contribution is 5.62. The van der Waals surface area contributed by atoms with Gasteiger partial charge in [-0.25, -0.2) is 0 Å². The Morgan fingerprint density at radius 1 is 1.21 bits per heavy atom. The Balaban J connectivity index is 1.75. The number of fused-ring (bicyclic) bond motifs is 1. The Morgan fingerprint density at radius 2 is 2.16 bits per heavy atom. The average molecular weight is 253 g/mol. The van der Waals surface area contributed by atoms with Crippen molar-refractivity contribution in [1.29, 1.82) is 0 Å². The summed E-state index contributed by atoms with van der Waals surface area (Å²) in [6, 6.07) is 12.4. The molecule has 0 spiro atoms. The zero-order valence-electron chi connectivity index (χ0n) is 11.0. The van der Waals surface area contributed by atoms with Crippen molar-refractivity contribution in [1.82, 2.24) is 4.98 Å². The van der Waals surface area contributed by atoms with Crippen LogP contribution in [0.4, 0.5) is 11.4 Å². The fourth-order valence-corrected chi connectivity index (χ4v) is 2.70. The van der Waals surface area contributed by atoms with Crippen LogP contribution in [0, 0.1) is 0 Å². The van der Waals surface area contributed by atoms with Crippen molar-refractivity contribution < 1.29 is 0 Å². The lowest BCUT2D eigenvalue weighted by Crippen LogP contribution is -2.31. The van der Waals surface area contributed by atoms with Crippen LogP contribution in [0.5, 0.6) is 0 Å². The topological polar surface area (TPSA) is 42.1 Å². The Bertz CT molecular complexity index is 551. The normalized spacial score (nSPS) is 14.2. The lowest BCUT2D eigenvalue weighted by Gasteiger charge is -2.31. The number of hydrogen-bond donors (Lipinski definition) is 1. The maximum Gasteiger partial charge on any atom is 0.0421 e. The highest BCUT2D eigenvalue weighted by Gasteiger charge is 2.16. The number of aryl methyl sites for hydroxylation is 1. The number of rotatable bonds is 3. The van der Waals surface area contributed by atoms with E-state index in [0.717, 1.165) is 37.3 Å². The van der Waals surface area contributed by atoms with Gasteiger partial charge in [0, 0.05) is 42.8 Å². The van der Waals surface area contributed by atoms with E-state index in [1.54, 1.807) is 0 Å². The summed E-state index contributed by atoms with van der Waals surface area (Å²) in [6.07, 6.45) is 5.22. The van der Waals surface area contributed by atoms with Crippen LogP contribution in [0.3, 0.4) is 0 Å². The fraction of sp³-hybridized carbons (Fsp3) is 0.312. The molecule has 1 aromatic heterocycles. The summed E-state index contributed by atoms with van der Waals surface area (Å²) in [5.41, 5.74) is 10.6. The number of pyridine rings is 1. The number of aromatic nitrogens is 1. The fourth-order valence-electron chi connectivity index (χ4n) is 2.70. The summed E-state index contributed by atoms with van der Waals surface area (Å²) < 4.78 is 0. The van der Waals surface area contributed by atoms with Gasteiger partial charge in [0.1, 0.15) is 0 Å². The van der Waals surface area contributed by atoms with E-state index in [0.29, 0.717) is 0 Å². The molecule has 2 N–H and O–H groups in total. The third-order valence-electron chi connectivity index (χ3n) is 3.69. The molecule has 0 radical (unpaired) electrons. The second-order valence-electron chi connectivity index (χ2n) is 5.05. The highest BCUT2D eigenvalue weighted by Crippen LogP contribution is 2.29. The SMILES string of the molecule is Nc1ccc2c(c1)N(CCc1ccccn1)CCC2. The van der Waals surface area contributed by atoms with Crippen molar-refractivity contribution >= 4 is 11.4 Å². The zero-order valence-corrected chi connectivity index (χ0v) is 11.0. The van der Waals surface area contributed by atoms with Crippen LogP contribution in [-0.4, -0.2) is 18.1 Å². The number of hydrogen-bond acceptors (Lipinski definition) is 3. The summed E-state index contributed by atoms with van der Waals surface area (Å²) in [5.74, 6) is 0. The molecule has 98 valence electrons. The summed E-state index contributed by atoms with van der Waals surface area (Å²) in [4.78, 5) is 6.82. The van der Waals surface area contributed by atoms with Gasteiger partial charge in [0.2, 0.25) is 0 Å². The average Bonchev–Trinajstić information content (AvgIpc) is 2.46. The molecular weight excluding hydrogens is 234 g/mol. The maximum absolute atomic E-state index is 5.91. The lowest BCUT2D eigenvalue weighted by atomic mass is 10.0. The molecule has 0 atom stereocenters. The maximum atomic E-state index is 5.91. The third kappa shape index (κ3) is 2.70. The van der Waals surface area contributed by atoms with Gasteiger partial charge in [-0.05, 0) is 42.7 Å². The third-order valence-corrected chi connectivity index (χ3v) is 3.69. The molecule has 3 heteroatoms. The van der Waals surface area contributed by atoms with E-state index >= 15 is 0 Å². The zero-order chi connectivity index (χ0) is 13.1. The van der Waals surface area contributed by atoms with Crippen LogP contribution in [0.25, 0.3) is 0 Å². The number of nitrogens with two attached hydrogens (primary N) is 1. The number of benzene rings is 1. The first-order valence-electron chi connectivity index (χ1n) is 6.86. The van der Waals surface area contributed by atoms with Gasteiger partial charge in [0.15, 0.2) is 0 Å². The molecule has 0 bridgehead atoms. The van der Waals surface area contributed by atoms with E-state index in [9.17, 15) is 0 Å². The molecule has 0 saturated heterocycles. The molecule has 0 fully saturated rings. The first-order valence-corrected chi connectivity index (χ1v) is 6.86. The summed E-state index contributed by atoms with van der Waals surface area (Å²) in [5, 5.41) is 0. The quantitative estimate of drug-likeness (QED) is 0.855. The molecule has 1 aliphatic heterocycles. The van der Waals surface area contributed by atoms with Gasteiger partial charge in [-0.15, -0.1) is 0 Å². The molecule has 3 nitrogen and oxygen atoms in total. The van der Waals surface area contributed by atoms with Crippen LogP contribution >= 0.6 is 0 Å². The Labute approximate surface area is 114 Å². The van der Waals surface area contributed by atoms with Gasteiger partial charge in [0.25, 0.3) is 0 Å². The lowest BCUT2D eigenvalue weighted by molar-refractivity contribution is 0.684. The number of nitrogen functional groups attached to an aromatic ring is 1. The Kier molecular flexibility index (Phi) is 3.36. The molecule has 3 rings (SSSR count). The minimum Gasteiger partial charge on any atom is -0.399 e. The standard InChI is InChI=1S/C16H19N3/c17-14-7-6-13-4-3-10-19(16(13)12-14)11-8-15-5-1-2-9-18-15/h1-2,5-7,9,12H,3-4,8,10-11,17H2. The highest BCUT2D eigenvalue weighted by atomic mass is 15.1. The molecule has 2 aromatic rings. The summed E-state index contributed by atoms with van der Waals surface area (Å²) >= 11 is 0. The second-order valence-corrected chi connectivity index (χ2v) is 5.05. The largest absolute Gasteiger partial charge is 0.399 e. The predicted molar refractivity (Wildman–Crippen MR) is 79.3 cm³/mol. The molecule has 1 aromatic carbocycles. The van der Waals surface area contributed by atoms with Crippen LogP contribution in [0.1, 0.15) is 17.7 Å². The molecular formula is C16H19N3. The van der Waals surface area contributed by atoms with E-state index in [4.69, 9.17) is 5.73 Å². The van der Waals surface area contributed by atoms with Crippen LogP contribution in [-0.2, 0) is 12.8 Å². The predicted octanol–water partition coefficient (Wildman–Crippen LogP) is 2.66. The minimum absolute atomic E-state index is 0.850. The van der Waals surface area contributed by atoms with E-state index in [2.05, 4.69) is 28.1 Å². The van der Waals surface area contributed by atoms with Gasteiger partial charge in [-0.2, -0.15) is 0 Å². The van der Waals surface area contributed by atoms with Gasteiger partial charge in [-0.3, -0.25) is 4.98 Å². The Hall–Kier alpha value is -2.03. The molecule has 0 aliphatic carbocycles. The first-order chi connectivity index (χ1) is 9.33. The summed E-state index contributed by atoms with van der Waals surface area (Å²) in [6.45, 7) is 2.12. The van der Waals surface area contributed by atoms with E-state index in [-0.39, 0.29) is 0 Å². The monoisotopic (exact) mass is 253 g/mol. The first kappa shape index (κ1) is 12.0. The van der Waals surface area contributed by atoms with Crippen molar-refractivity contribution in [3.63, 3.8) is 0 Å². The molecule has 0 amide bonds. The van der Waals surface area contributed by atoms with Gasteiger partial charge >= 0.3 is 0 Å². The van der Waals surface area contributed by atoms with E-state index in [1.165, 1.54) is 17.7 Å².